The summed E-state index contributed by atoms with van der Waals surface area (Å²) in [5.41, 5.74) is 0.756. The van der Waals surface area contributed by atoms with Crippen LogP contribution >= 0.6 is 11.3 Å². The zero-order valence-corrected chi connectivity index (χ0v) is 16.0. The first kappa shape index (κ1) is 19.0. The van der Waals surface area contributed by atoms with Crippen LogP contribution in [0.2, 0.25) is 0 Å². The molecule has 0 aliphatic heterocycles. The van der Waals surface area contributed by atoms with E-state index in [9.17, 15) is 23.3 Å². The van der Waals surface area contributed by atoms with Gasteiger partial charge in [0.05, 0.1) is 21.2 Å². The topological polar surface area (TPSA) is 125 Å². The van der Waals surface area contributed by atoms with E-state index >= 15 is 0 Å². The molecule has 0 saturated heterocycles. The molecule has 2 heterocycles. The van der Waals surface area contributed by atoms with Gasteiger partial charge >= 0.3 is 11.8 Å². The Bertz CT molecular complexity index is 1220. The van der Waals surface area contributed by atoms with Crippen LogP contribution in [-0.2, 0) is 16.4 Å². The van der Waals surface area contributed by atoms with Crippen molar-refractivity contribution in [3.63, 3.8) is 0 Å². The van der Waals surface area contributed by atoms with Crippen molar-refractivity contribution in [1.29, 1.82) is 0 Å². The summed E-state index contributed by atoms with van der Waals surface area (Å²) in [7, 11) is -3.36. The van der Waals surface area contributed by atoms with E-state index < -0.39 is 26.6 Å². The Labute approximate surface area is 157 Å². The van der Waals surface area contributed by atoms with Crippen molar-refractivity contribution in [1.82, 2.24) is 4.57 Å². The van der Waals surface area contributed by atoms with Gasteiger partial charge in [0, 0.05) is 12.8 Å². The van der Waals surface area contributed by atoms with E-state index in [2.05, 4.69) is 4.99 Å². The molecule has 3 aromatic rings. The second-order valence-corrected chi connectivity index (χ2v) is 8.77. The number of aryl methyl sites for hydroxylation is 1. The number of fused-ring (bicyclic) bond motifs is 1. The molecule has 1 amide bonds. The van der Waals surface area contributed by atoms with Crippen molar-refractivity contribution >= 4 is 43.2 Å². The lowest BCUT2D eigenvalue weighted by atomic mass is 10.3. The van der Waals surface area contributed by atoms with Crippen LogP contribution in [0.3, 0.4) is 0 Å². The van der Waals surface area contributed by atoms with E-state index in [0.717, 1.165) is 24.3 Å². The highest BCUT2D eigenvalue weighted by atomic mass is 32.2. The number of hydrogen-bond donors (Lipinski definition) is 0. The van der Waals surface area contributed by atoms with Crippen molar-refractivity contribution in [2.75, 3.05) is 6.26 Å². The molecule has 2 aromatic heterocycles. The first-order valence-electron chi connectivity index (χ1n) is 7.87. The van der Waals surface area contributed by atoms with Crippen LogP contribution in [-0.4, -0.2) is 30.1 Å². The molecular formula is C16H15N3O6S2. The number of sulfone groups is 1. The molecule has 1 aromatic carbocycles. The molecule has 11 heteroatoms. The fourth-order valence-electron chi connectivity index (χ4n) is 2.49. The molecule has 9 nitrogen and oxygen atoms in total. The third kappa shape index (κ3) is 3.83. The molecule has 27 heavy (non-hydrogen) atoms. The van der Waals surface area contributed by atoms with E-state index in [1.165, 1.54) is 23.5 Å². The van der Waals surface area contributed by atoms with Gasteiger partial charge in [0.1, 0.15) is 4.92 Å². The normalized spacial score (nSPS) is 12.6. The minimum absolute atomic E-state index is 0.180. The highest BCUT2D eigenvalue weighted by molar-refractivity contribution is 7.90. The summed E-state index contributed by atoms with van der Waals surface area (Å²) in [5, 5.41) is 10.7. The van der Waals surface area contributed by atoms with Crippen LogP contribution in [0.1, 0.15) is 23.9 Å². The Balaban J connectivity index is 2.13. The predicted octanol–water partition coefficient (Wildman–Crippen LogP) is 2.76. The Morgan fingerprint density at radius 2 is 2.07 bits per heavy atom. The van der Waals surface area contributed by atoms with Gasteiger partial charge in [-0.05, 0) is 30.7 Å². The lowest BCUT2D eigenvalue weighted by Crippen LogP contribution is -2.16. The summed E-state index contributed by atoms with van der Waals surface area (Å²) in [4.78, 5) is 26.8. The predicted molar refractivity (Wildman–Crippen MR) is 98.5 cm³/mol. The molecule has 0 N–H and O–H groups in total. The summed E-state index contributed by atoms with van der Waals surface area (Å²) in [6.07, 6.45) is 1.90. The van der Waals surface area contributed by atoms with Crippen LogP contribution < -0.4 is 4.80 Å². The molecule has 3 rings (SSSR count). The van der Waals surface area contributed by atoms with Crippen molar-refractivity contribution < 1.29 is 22.6 Å². The van der Waals surface area contributed by atoms with Gasteiger partial charge in [-0.1, -0.05) is 18.3 Å². The van der Waals surface area contributed by atoms with Crippen LogP contribution in [0.15, 0.2) is 44.6 Å². The Morgan fingerprint density at radius 3 is 2.67 bits per heavy atom. The molecule has 0 atom stereocenters. The molecule has 0 spiro atoms. The number of carbonyl (C=O) groups is 1. The van der Waals surface area contributed by atoms with Gasteiger partial charge in [0.25, 0.3) is 0 Å². The Morgan fingerprint density at radius 1 is 1.33 bits per heavy atom. The molecule has 0 saturated carbocycles. The Kier molecular flexibility index (Phi) is 4.98. The number of carbonyl (C=O) groups excluding carboxylic acids is 1. The van der Waals surface area contributed by atoms with Gasteiger partial charge in [0.2, 0.25) is 5.76 Å². The maximum Gasteiger partial charge on any atom is 0.433 e. The maximum atomic E-state index is 12.3. The third-order valence-corrected chi connectivity index (χ3v) is 5.86. The SMILES string of the molecule is CCCn1c(=NC(=O)c2ccc([N+](=O)[O-])o2)sc2cc(S(C)(=O)=O)ccc21. The number of amides is 1. The van der Waals surface area contributed by atoms with Gasteiger partial charge in [-0.25, -0.2) is 8.42 Å². The van der Waals surface area contributed by atoms with Gasteiger partial charge in [-0.3, -0.25) is 14.9 Å². The number of furan rings is 1. The van der Waals surface area contributed by atoms with E-state index in [0.29, 0.717) is 16.0 Å². The van der Waals surface area contributed by atoms with Crippen LogP contribution in [0.25, 0.3) is 10.2 Å². The molecule has 0 aliphatic carbocycles. The number of aromatic nitrogens is 1. The average molecular weight is 409 g/mol. The van der Waals surface area contributed by atoms with Gasteiger partial charge in [0.15, 0.2) is 14.6 Å². The smallest absolute Gasteiger partial charge is 0.395 e. The lowest BCUT2D eigenvalue weighted by Gasteiger charge is -2.03. The van der Waals surface area contributed by atoms with Gasteiger partial charge in [-0.15, -0.1) is 0 Å². The molecule has 0 bridgehead atoms. The van der Waals surface area contributed by atoms with Crippen molar-refractivity contribution in [3.05, 3.63) is 51.0 Å². The number of thiazole rings is 1. The number of hydrogen-bond acceptors (Lipinski definition) is 7. The molecule has 0 fully saturated rings. The van der Waals surface area contributed by atoms with Crippen LogP contribution in [0.5, 0.6) is 0 Å². The first-order valence-corrected chi connectivity index (χ1v) is 10.6. The summed E-state index contributed by atoms with van der Waals surface area (Å²) in [6.45, 7) is 2.53. The van der Waals surface area contributed by atoms with Crippen LogP contribution in [0.4, 0.5) is 5.88 Å². The highest BCUT2D eigenvalue weighted by Crippen LogP contribution is 2.22. The molecule has 0 unspecified atom stereocenters. The van der Waals surface area contributed by atoms with Crippen molar-refractivity contribution in [2.24, 2.45) is 4.99 Å². The minimum atomic E-state index is -3.36. The van der Waals surface area contributed by atoms with Gasteiger partial charge < -0.3 is 8.98 Å². The number of nitro groups is 1. The van der Waals surface area contributed by atoms with Crippen LogP contribution in [0, 0.1) is 10.1 Å². The maximum absolute atomic E-state index is 12.3. The van der Waals surface area contributed by atoms with E-state index in [4.69, 9.17) is 4.42 Å². The van der Waals surface area contributed by atoms with E-state index in [-0.39, 0.29) is 10.7 Å². The zero-order valence-electron chi connectivity index (χ0n) is 14.4. The second-order valence-electron chi connectivity index (χ2n) is 5.75. The van der Waals surface area contributed by atoms with Crippen molar-refractivity contribution in [2.45, 2.75) is 24.8 Å². The van der Waals surface area contributed by atoms with E-state index in [1.807, 2.05) is 6.92 Å². The summed E-state index contributed by atoms with van der Waals surface area (Å²) in [5.74, 6) is -1.52. The Hall–Kier alpha value is -2.79. The number of nitrogens with zero attached hydrogens (tertiary/aromatic N) is 3. The standard InChI is InChI=1S/C16H15N3O6S2/c1-3-8-18-11-5-4-10(27(2,23)24)9-13(11)26-16(18)17-15(20)12-6-7-14(25-12)19(21)22/h4-7,9H,3,8H2,1-2H3. The monoisotopic (exact) mass is 409 g/mol. The quantitative estimate of drug-likeness (QED) is 0.471. The molecule has 0 radical (unpaired) electrons. The molecular weight excluding hydrogens is 394 g/mol. The minimum Gasteiger partial charge on any atom is -0.395 e. The van der Waals surface area contributed by atoms with Crippen molar-refractivity contribution in [3.8, 4) is 0 Å². The average Bonchev–Trinajstić information content (AvgIpc) is 3.20. The summed E-state index contributed by atoms with van der Waals surface area (Å²) in [6, 6.07) is 7.02. The number of benzene rings is 1. The summed E-state index contributed by atoms with van der Waals surface area (Å²) < 4.78 is 30.9. The highest BCUT2D eigenvalue weighted by Gasteiger charge is 2.18. The third-order valence-electron chi connectivity index (χ3n) is 3.71. The lowest BCUT2D eigenvalue weighted by molar-refractivity contribution is -0.402. The number of rotatable bonds is 5. The van der Waals surface area contributed by atoms with E-state index in [1.54, 1.807) is 16.7 Å². The molecule has 142 valence electrons. The first-order chi connectivity index (χ1) is 12.7. The fourth-order valence-corrected chi connectivity index (χ4v) is 4.31. The zero-order chi connectivity index (χ0) is 19.8. The van der Waals surface area contributed by atoms with Gasteiger partial charge in [-0.2, -0.15) is 4.99 Å². The second kappa shape index (κ2) is 7.08. The molecule has 0 aliphatic rings. The largest absolute Gasteiger partial charge is 0.433 e. The fraction of sp³-hybridized carbons (Fsp3) is 0.250. The summed E-state index contributed by atoms with van der Waals surface area (Å²) >= 11 is 1.17.